The smallest absolute Gasteiger partial charge is 0.296 e. The Morgan fingerprint density at radius 1 is 0.656 bits per heavy atom. The standard InChI is InChI=1S/C26H33N2O2P2/c1-21(2)27(31(29)24-15-9-6-10-16-24)23(5)28(22(3)4)32(30,25-17-11-7-12-18-25)26-19-13-8-14-20-26/h6-23H,1-5H3/q+1. The second-order valence-electron chi connectivity index (χ2n) is 8.43. The van der Waals surface area contributed by atoms with Crippen LogP contribution >= 0.6 is 15.2 Å². The summed E-state index contributed by atoms with van der Waals surface area (Å²) in [6.07, 6.45) is -0.329. The summed E-state index contributed by atoms with van der Waals surface area (Å²) in [5, 5.41) is 2.34. The van der Waals surface area contributed by atoms with E-state index >= 15 is 4.57 Å². The van der Waals surface area contributed by atoms with Crippen molar-refractivity contribution in [1.29, 1.82) is 0 Å². The Hall–Kier alpha value is -2.09. The van der Waals surface area contributed by atoms with Crippen molar-refractivity contribution in [3.63, 3.8) is 0 Å². The minimum absolute atomic E-state index is 0.00457. The molecule has 0 aliphatic carbocycles. The van der Waals surface area contributed by atoms with Crippen molar-refractivity contribution in [2.24, 2.45) is 0 Å². The molecule has 3 aromatic carbocycles. The highest BCUT2D eigenvalue weighted by Crippen LogP contribution is 2.52. The lowest BCUT2D eigenvalue weighted by Gasteiger charge is -2.41. The van der Waals surface area contributed by atoms with Gasteiger partial charge in [-0.1, -0.05) is 59.3 Å². The fourth-order valence-corrected chi connectivity index (χ4v) is 9.10. The van der Waals surface area contributed by atoms with Crippen LogP contribution in [-0.4, -0.2) is 27.6 Å². The van der Waals surface area contributed by atoms with E-state index in [9.17, 15) is 4.57 Å². The van der Waals surface area contributed by atoms with Gasteiger partial charge >= 0.3 is 7.95 Å². The summed E-state index contributed by atoms with van der Waals surface area (Å²) >= 11 is 0. The molecule has 0 aromatic heterocycles. The van der Waals surface area contributed by atoms with E-state index in [1.807, 2.05) is 116 Å². The number of benzene rings is 3. The molecule has 0 aliphatic rings. The Morgan fingerprint density at radius 2 is 1.06 bits per heavy atom. The van der Waals surface area contributed by atoms with Gasteiger partial charge in [-0.25, -0.2) is 4.67 Å². The summed E-state index contributed by atoms with van der Waals surface area (Å²) in [6, 6.07) is 28.8. The molecule has 0 radical (unpaired) electrons. The van der Waals surface area contributed by atoms with E-state index in [1.54, 1.807) is 0 Å². The van der Waals surface area contributed by atoms with Crippen LogP contribution < -0.4 is 15.9 Å². The average molecular weight is 468 g/mol. The van der Waals surface area contributed by atoms with Gasteiger partial charge in [0.1, 0.15) is 6.17 Å². The maximum atomic E-state index is 15.1. The van der Waals surface area contributed by atoms with Gasteiger partial charge in [-0.05, 0) is 75.6 Å². The molecule has 0 amide bonds. The summed E-state index contributed by atoms with van der Waals surface area (Å²) in [7, 11) is -5.05. The van der Waals surface area contributed by atoms with Crippen molar-refractivity contribution in [3.05, 3.63) is 91.0 Å². The second kappa shape index (κ2) is 10.7. The fourth-order valence-electron chi connectivity index (χ4n) is 4.27. The number of hydrogen-bond acceptors (Lipinski definition) is 2. The fraction of sp³-hybridized carbons (Fsp3) is 0.308. The van der Waals surface area contributed by atoms with Crippen LogP contribution in [-0.2, 0) is 9.13 Å². The third-order valence-corrected chi connectivity index (χ3v) is 10.9. The first-order valence-corrected chi connectivity index (χ1v) is 14.0. The minimum Gasteiger partial charge on any atom is -0.296 e. The van der Waals surface area contributed by atoms with Gasteiger partial charge in [0.25, 0.3) is 0 Å². The van der Waals surface area contributed by atoms with E-state index in [0.717, 1.165) is 15.9 Å². The molecule has 4 nitrogen and oxygen atoms in total. The molecule has 3 aromatic rings. The van der Waals surface area contributed by atoms with Crippen LogP contribution in [0.3, 0.4) is 0 Å². The summed E-state index contributed by atoms with van der Waals surface area (Å²) in [5.41, 5.74) is 0. The van der Waals surface area contributed by atoms with Crippen molar-refractivity contribution in [2.75, 3.05) is 0 Å². The van der Waals surface area contributed by atoms with Crippen LogP contribution in [0.4, 0.5) is 0 Å². The van der Waals surface area contributed by atoms with Gasteiger partial charge in [0.2, 0.25) is 12.6 Å². The highest BCUT2D eigenvalue weighted by atomic mass is 31.2. The lowest BCUT2D eigenvalue weighted by atomic mass is 10.3. The van der Waals surface area contributed by atoms with Gasteiger partial charge in [0.15, 0.2) is 0 Å². The molecule has 6 heteroatoms. The molecular formula is C26H33N2O2P2+. The average Bonchev–Trinajstić information content (AvgIpc) is 2.80. The predicted octanol–water partition coefficient (Wildman–Crippen LogP) is 5.75. The molecule has 0 saturated heterocycles. The summed E-state index contributed by atoms with van der Waals surface area (Å²) in [4.78, 5) is 0. The Labute approximate surface area is 193 Å². The first-order chi connectivity index (χ1) is 15.3. The lowest BCUT2D eigenvalue weighted by molar-refractivity contribution is 0.151. The van der Waals surface area contributed by atoms with Crippen LogP contribution in [0.15, 0.2) is 91.0 Å². The first-order valence-electron chi connectivity index (χ1n) is 11.1. The van der Waals surface area contributed by atoms with Gasteiger partial charge in [0.05, 0.1) is 6.04 Å². The highest BCUT2D eigenvalue weighted by molar-refractivity contribution is 7.76. The van der Waals surface area contributed by atoms with Crippen molar-refractivity contribution >= 4 is 31.2 Å². The molecule has 2 unspecified atom stereocenters. The zero-order valence-corrected chi connectivity index (χ0v) is 21.3. The maximum Gasteiger partial charge on any atom is 0.476 e. The van der Waals surface area contributed by atoms with Gasteiger partial charge < -0.3 is 0 Å². The Bertz CT molecular complexity index is 1010. The maximum absolute atomic E-state index is 15.1. The molecule has 0 heterocycles. The van der Waals surface area contributed by atoms with E-state index in [1.165, 1.54) is 0 Å². The highest BCUT2D eigenvalue weighted by Gasteiger charge is 2.47. The molecule has 0 spiro atoms. The largest absolute Gasteiger partial charge is 0.476 e. The van der Waals surface area contributed by atoms with Crippen LogP contribution in [0, 0.1) is 0 Å². The molecule has 0 saturated carbocycles. The molecule has 2 atom stereocenters. The van der Waals surface area contributed by atoms with Crippen molar-refractivity contribution in [2.45, 2.75) is 52.9 Å². The molecule has 0 fully saturated rings. The summed E-state index contributed by atoms with van der Waals surface area (Å²) < 4.78 is 32.9. The molecule has 0 aliphatic heterocycles. The topological polar surface area (TPSA) is 40.6 Å². The number of hydrogen-bond donors (Lipinski definition) is 0. The third-order valence-electron chi connectivity index (χ3n) is 5.55. The Kier molecular flexibility index (Phi) is 8.20. The van der Waals surface area contributed by atoms with Crippen molar-refractivity contribution in [3.8, 4) is 0 Å². The van der Waals surface area contributed by atoms with E-state index in [4.69, 9.17) is 0 Å². The summed E-state index contributed by atoms with van der Waals surface area (Å²) in [5.74, 6) is 0. The molecule has 0 N–H and O–H groups in total. The first kappa shape index (κ1) is 24.6. The SMILES string of the molecule is CC(C)N(C(C)N(C(C)C)P(=O)(c1ccccc1)c1ccccc1)[P+](=O)c1ccccc1. The lowest BCUT2D eigenvalue weighted by Crippen LogP contribution is -2.50. The predicted molar refractivity (Wildman–Crippen MR) is 137 cm³/mol. The molecule has 0 bridgehead atoms. The summed E-state index contributed by atoms with van der Waals surface area (Å²) in [6.45, 7) is 10.2. The van der Waals surface area contributed by atoms with Gasteiger partial charge in [0, 0.05) is 16.7 Å². The van der Waals surface area contributed by atoms with Crippen LogP contribution in [0.2, 0.25) is 0 Å². The van der Waals surface area contributed by atoms with Gasteiger partial charge in [-0.15, -0.1) is 0 Å². The van der Waals surface area contributed by atoms with Crippen molar-refractivity contribution in [1.82, 2.24) is 9.34 Å². The number of nitrogens with zero attached hydrogens (tertiary/aromatic N) is 2. The number of rotatable bonds is 9. The quantitative estimate of drug-likeness (QED) is 0.297. The molecule has 168 valence electrons. The molecule has 3 rings (SSSR count). The van der Waals surface area contributed by atoms with E-state index in [-0.39, 0.29) is 18.2 Å². The van der Waals surface area contributed by atoms with E-state index in [0.29, 0.717) is 0 Å². The van der Waals surface area contributed by atoms with Gasteiger partial charge in [-0.3, -0.25) is 4.57 Å². The Balaban J connectivity index is 2.16. The van der Waals surface area contributed by atoms with Crippen LogP contribution in [0.25, 0.3) is 0 Å². The molecular weight excluding hydrogens is 434 g/mol. The zero-order valence-electron chi connectivity index (χ0n) is 19.5. The third kappa shape index (κ3) is 4.95. The monoisotopic (exact) mass is 467 g/mol. The van der Waals surface area contributed by atoms with Crippen LogP contribution in [0.5, 0.6) is 0 Å². The second-order valence-corrected chi connectivity index (χ2v) is 12.6. The molecule has 32 heavy (non-hydrogen) atoms. The normalized spacial score (nSPS) is 13.7. The minimum atomic E-state index is -3.21. The zero-order chi connectivity index (χ0) is 23.3. The van der Waals surface area contributed by atoms with Crippen LogP contribution in [0.1, 0.15) is 34.6 Å². The Morgan fingerprint density at radius 3 is 1.44 bits per heavy atom. The van der Waals surface area contributed by atoms with E-state index in [2.05, 4.69) is 18.5 Å². The van der Waals surface area contributed by atoms with E-state index < -0.39 is 15.2 Å². The van der Waals surface area contributed by atoms with Gasteiger partial charge in [-0.2, -0.15) is 0 Å². The van der Waals surface area contributed by atoms with Crippen molar-refractivity contribution < 1.29 is 9.13 Å².